The van der Waals surface area contributed by atoms with Crippen LogP contribution in [0, 0.1) is 12.8 Å². The van der Waals surface area contributed by atoms with Gasteiger partial charge in [0, 0.05) is 42.1 Å². The number of hydrogen-bond donors (Lipinski definition) is 1. The predicted molar refractivity (Wildman–Crippen MR) is 117 cm³/mol. The third-order valence-corrected chi connectivity index (χ3v) is 5.98. The molecule has 2 aromatic heterocycles. The molecule has 154 valence electrons. The van der Waals surface area contributed by atoms with Gasteiger partial charge in [0.1, 0.15) is 5.69 Å². The SMILES string of the molecule is Cc1c(Cl)cccc1NC(=O)C1CCN(C(=O)c2cccn2-c2cccnc2)CC1. The maximum atomic E-state index is 13.1. The Labute approximate surface area is 180 Å². The molecule has 1 saturated heterocycles. The minimum absolute atomic E-state index is 0.0220. The molecule has 2 amide bonds. The van der Waals surface area contributed by atoms with Gasteiger partial charge in [0.25, 0.3) is 5.91 Å². The minimum atomic E-state index is -0.127. The summed E-state index contributed by atoms with van der Waals surface area (Å²) in [4.78, 5) is 31.7. The molecule has 7 heteroatoms. The highest BCUT2D eigenvalue weighted by Gasteiger charge is 2.29. The normalized spacial score (nSPS) is 14.5. The molecule has 1 aliphatic heterocycles. The number of likely N-dealkylation sites (tertiary alicyclic amines) is 1. The lowest BCUT2D eigenvalue weighted by molar-refractivity contribution is -0.121. The van der Waals surface area contributed by atoms with Gasteiger partial charge in [-0.25, -0.2) is 0 Å². The first-order valence-electron chi connectivity index (χ1n) is 9.97. The molecule has 1 N–H and O–H groups in total. The number of hydrogen-bond acceptors (Lipinski definition) is 3. The van der Waals surface area contributed by atoms with Crippen molar-refractivity contribution in [3.8, 4) is 5.69 Å². The number of halogens is 1. The van der Waals surface area contributed by atoms with Crippen LogP contribution >= 0.6 is 11.6 Å². The number of nitrogens with one attached hydrogen (secondary N) is 1. The molecule has 0 unspecified atom stereocenters. The van der Waals surface area contributed by atoms with E-state index in [4.69, 9.17) is 11.6 Å². The van der Waals surface area contributed by atoms with Crippen LogP contribution in [-0.2, 0) is 4.79 Å². The Kier molecular flexibility index (Phi) is 5.86. The van der Waals surface area contributed by atoms with Gasteiger partial charge in [-0.15, -0.1) is 0 Å². The lowest BCUT2D eigenvalue weighted by atomic mass is 9.95. The second-order valence-electron chi connectivity index (χ2n) is 7.44. The summed E-state index contributed by atoms with van der Waals surface area (Å²) >= 11 is 6.14. The van der Waals surface area contributed by atoms with Crippen molar-refractivity contribution in [1.29, 1.82) is 0 Å². The zero-order valence-corrected chi connectivity index (χ0v) is 17.5. The number of pyridine rings is 1. The van der Waals surface area contributed by atoms with Gasteiger partial charge < -0.3 is 14.8 Å². The highest BCUT2D eigenvalue weighted by Crippen LogP contribution is 2.26. The van der Waals surface area contributed by atoms with E-state index in [9.17, 15) is 9.59 Å². The summed E-state index contributed by atoms with van der Waals surface area (Å²) in [6.07, 6.45) is 6.55. The predicted octanol–water partition coefficient (Wildman–Crippen LogP) is 4.33. The van der Waals surface area contributed by atoms with E-state index in [1.807, 2.05) is 59.0 Å². The maximum Gasteiger partial charge on any atom is 0.270 e. The molecule has 6 nitrogen and oxygen atoms in total. The number of nitrogens with zero attached hydrogens (tertiary/aromatic N) is 3. The van der Waals surface area contributed by atoms with E-state index in [1.54, 1.807) is 18.5 Å². The molecule has 3 aromatic rings. The van der Waals surface area contributed by atoms with Crippen LogP contribution in [0.3, 0.4) is 0 Å². The summed E-state index contributed by atoms with van der Waals surface area (Å²) in [7, 11) is 0. The first kappa shape index (κ1) is 20.2. The number of rotatable bonds is 4. The zero-order chi connectivity index (χ0) is 21.1. The Hall–Kier alpha value is -3.12. The molecule has 4 rings (SSSR count). The van der Waals surface area contributed by atoms with Crippen LogP contribution in [0.4, 0.5) is 5.69 Å². The molecule has 0 radical (unpaired) electrons. The summed E-state index contributed by atoms with van der Waals surface area (Å²) in [5.41, 5.74) is 3.04. The van der Waals surface area contributed by atoms with Gasteiger partial charge in [-0.05, 0) is 61.7 Å². The third-order valence-electron chi connectivity index (χ3n) is 5.57. The topological polar surface area (TPSA) is 67.2 Å². The van der Waals surface area contributed by atoms with Crippen LogP contribution in [0.5, 0.6) is 0 Å². The van der Waals surface area contributed by atoms with Crippen LogP contribution in [0.1, 0.15) is 28.9 Å². The zero-order valence-electron chi connectivity index (χ0n) is 16.7. The van der Waals surface area contributed by atoms with Gasteiger partial charge in [0.2, 0.25) is 5.91 Å². The molecular weight excluding hydrogens is 400 g/mol. The Morgan fingerprint density at radius 3 is 2.63 bits per heavy atom. The first-order chi connectivity index (χ1) is 14.5. The van der Waals surface area contributed by atoms with Crippen molar-refractivity contribution < 1.29 is 9.59 Å². The fourth-order valence-electron chi connectivity index (χ4n) is 3.76. The molecule has 0 saturated carbocycles. The molecular formula is C23H23ClN4O2. The summed E-state index contributed by atoms with van der Waals surface area (Å²) in [5, 5.41) is 3.61. The maximum absolute atomic E-state index is 13.1. The van der Waals surface area contributed by atoms with Gasteiger partial charge in [0.15, 0.2) is 0 Å². The third kappa shape index (κ3) is 4.09. The van der Waals surface area contributed by atoms with Crippen LogP contribution in [0.15, 0.2) is 61.1 Å². The summed E-state index contributed by atoms with van der Waals surface area (Å²) in [6.45, 7) is 2.98. The second-order valence-corrected chi connectivity index (χ2v) is 7.85. The Balaban J connectivity index is 1.39. The summed E-state index contributed by atoms with van der Waals surface area (Å²) in [6, 6.07) is 12.9. The van der Waals surface area contributed by atoms with Crippen molar-refractivity contribution in [2.24, 2.45) is 5.92 Å². The smallest absolute Gasteiger partial charge is 0.270 e. The number of amides is 2. The van der Waals surface area contributed by atoms with E-state index in [0.29, 0.717) is 36.6 Å². The van der Waals surface area contributed by atoms with Crippen molar-refractivity contribution in [1.82, 2.24) is 14.5 Å². The quantitative estimate of drug-likeness (QED) is 0.680. The van der Waals surface area contributed by atoms with Crippen LogP contribution in [0.25, 0.3) is 5.69 Å². The second kappa shape index (κ2) is 8.71. The fourth-order valence-corrected chi connectivity index (χ4v) is 3.94. The lowest BCUT2D eigenvalue weighted by Crippen LogP contribution is -2.42. The minimum Gasteiger partial charge on any atom is -0.337 e. The summed E-state index contributed by atoms with van der Waals surface area (Å²) < 4.78 is 1.84. The Morgan fingerprint density at radius 2 is 1.90 bits per heavy atom. The molecule has 0 bridgehead atoms. The molecule has 1 fully saturated rings. The number of piperidine rings is 1. The average molecular weight is 423 g/mol. The van der Waals surface area contributed by atoms with Crippen molar-refractivity contribution in [2.45, 2.75) is 19.8 Å². The van der Waals surface area contributed by atoms with Crippen LogP contribution in [-0.4, -0.2) is 39.4 Å². The number of aromatic nitrogens is 2. The van der Waals surface area contributed by atoms with E-state index in [-0.39, 0.29) is 17.7 Å². The molecule has 1 aromatic carbocycles. The van der Waals surface area contributed by atoms with Gasteiger partial charge in [-0.2, -0.15) is 0 Å². The lowest BCUT2D eigenvalue weighted by Gasteiger charge is -2.31. The van der Waals surface area contributed by atoms with E-state index >= 15 is 0 Å². The number of carbonyl (C=O) groups is 2. The van der Waals surface area contributed by atoms with Gasteiger partial charge >= 0.3 is 0 Å². The number of carbonyl (C=O) groups excluding carboxylic acids is 2. The fraction of sp³-hybridized carbons (Fsp3) is 0.261. The van der Waals surface area contributed by atoms with E-state index in [2.05, 4.69) is 10.3 Å². The standard InChI is InChI=1S/C23H23ClN4O2/c1-16-19(24)6-2-7-20(16)26-22(29)17-9-13-27(14-10-17)23(30)21-8-4-12-28(21)18-5-3-11-25-15-18/h2-8,11-12,15,17H,9-10,13-14H2,1H3,(H,26,29). The molecule has 1 aliphatic rings. The van der Waals surface area contributed by atoms with Crippen LogP contribution in [0.2, 0.25) is 5.02 Å². The molecule has 0 spiro atoms. The molecule has 3 heterocycles. The van der Waals surface area contributed by atoms with E-state index in [1.165, 1.54) is 0 Å². The largest absolute Gasteiger partial charge is 0.337 e. The number of anilines is 1. The first-order valence-corrected chi connectivity index (χ1v) is 10.4. The van der Waals surface area contributed by atoms with Gasteiger partial charge in [-0.1, -0.05) is 17.7 Å². The van der Waals surface area contributed by atoms with Gasteiger partial charge in [0.05, 0.1) is 11.9 Å². The van der Waals surface area contributed by atoms with Gasteiger partial charge in [-0.3, -0.25) is 14.6 Å². The molecule has 30 heavy (non-hydrogen) atoms. The molecule has 0 atom stereocenters. The van der Waals surface area contributed by atoms with Crippen LogP contribution < -0.4 is 5.32 Å². The van der Waals surface area contributed by atoms with Crippen molar-refractivity contribution in [3.05, 3.63) is 77.3 Å². The average Bonchev–Trinajstić information content (AvgIpc) is 3.27. The Bertz CT molecular complexity index is 1060. The van der Waals surface area contributed by atoms with E-state index in [0.717, 1.165) is 16.9 Å². The monoisotopic (exact) mass is 422 g/mol. The highest BCUT2D eigenvalue weighted by molar-refractivity contribution is 6.31. The molecule has 0 aliphatic carbocycles. The number of benzene rings is 1. The summed E-state index contributed by atoms with van der Waals surface area (Å²) in [5.74, 6) is -0.183. The van der Waals surface area contributed by atoms with Crippen molar-refractivity contribution in [2.75, 3.05) is 18.4 Å². The van der Waals surface area contributed by atoms with Crippen molar-refractivity contribution >= 4 is 29.1 Å². The van der Waals surface area contributed by atoms with Crippen molar-refractivity contribution in [3.63, 3.8) is 0 Å². The van der Waals surface area contributed by atoms with E-state index < -0.39 is 0 Å². The highest BCUT2D eigenvalue weighted by atomic mass is 35.5. The Morgan fingerprint density at radius 1 is 1.10 bits per heavy atom.